The number of hydrogen-bond acceptors (Lipinski definition) is 7. The molecule has 3 rings (SSSR count). The van der Waals surface area contributed by atoms with Crippen LogP contribution in [0.3, 0.4) is 0 Å². The first-order valence-electron chi connectivity index (χ1n) is 11.7. The van der Waals surface area contributed by atoms with Crippen molar-refractivity contribution in [3.8, 4) is 17.2 Å². The molecular weight excluding hydrogens is 530 g/mol. The normalized spacial score (nSPS) is 12.6. The van der Waals surface area contributed by atoms with E-state index in [1.54, 1.807) is 38.1 Å². The minimum atomic E-state index is -3.89. The smallest absolute Gasteiger partial charge is 0.248 e. The van der Waals surface area contributed by atoms with Crippen molar-refractivity contribution in [1.82, 2.24) is 4.72 Å². The summed E-state index contributed by atoms with van der Waals surface area (Å²) in [6, 6.07) is 17.9. The van der Waals surface area contributed by atoms with Crippen LogP contribution in [-0.4, -0.2) is 48.2 Å². The molecule has 0 aliphatic rings. The van der Waals surface area contributed by atoms with Gasteiger partial charge in [0.2, 0.25) is 26.0 Å². The van der Waals surface area contributed by atoms with Gasteiger partial charge in [-0.05, 0) is 75.4 Å². The number of nitrogens with zero attached hydrogens (tertiary/aromatic N) is 1. The molecule has 0 bridgehead atoms. The molecule has 0 heterocycles. The van der Waals surface area contributed by atoms with E-state index in [-0.39, 0.29) is 28.1 Å². The number of carbonyl (C=O) groups is 1. The van der Waals surface area contributed by atoms with Gasteiger partial charge in [0.15, 0.2) is 0 Å². The molecule has 0 radical (unpaired) electrons. The van der Waals surface area contributed by atoms with Crippen LogP contribution in [-0.2, 0) is 24.8 Å². The first-order valence-corrected chi connectivity index (χ1v) is 15.0. The van der Waals surface area contributed by atoms with Crippen molar-refractivity contribution in [3.05, 3.63) is 72.8 Å². The van der Waals surface area contributed by atoms with Crippen molar-refractivity contribution >= 4 is 37.3 Å². The Morgan fingerprint density at radius 2 is 1.47 bits per heavy atom. The number of sulfonamides is 2. The van der Waals surface area contributed by atoms with Crippen LogP contribution < -0.4 is 23.8 Å². The predicted molar refractivity (Wildman–Crippen MR) is 147 cm³/mol. The highest BCUT2D eigenvalue weighted by Crippen LogP contribution is 2.30. The van der Waals surface area contributed by atoms with Crippen molar-refractivity contribution in [2.45, 2.75) is 37.8 Å². The third kappa shape index (κ3) is 7.24. The first kappa shape index (κ1) is 29.0. The Kier molecular flexibility index (Phi) is 9.02. The number of ether oxygens (including phenoxy) is 2. The van der Waals surface area contributed by atoms with E-state index in [2.05, 4.69) is 10.0 Å². The molecule has 0 aliphatic heterocycles. The van der Waals surface area contributed by atoms with Crippen LogP contribution in [0.4, 0.5) is 11.4 Å². The lowest BCUT2D eigenvalue weighted by Crippen LogP contribution is -2.45. The molecule has 0 spiro atoms. The highest BCUT2D eigenvalue weighted by atomic mass is 32.2. The van der Waals surface area contributed by atoms with E-state index in [4.69, 9.17) is 9.47 Å². The number of hydrogen-bond donors (Lipinski definition) is 2. The molecule has 3 aromatic rings. The summed E-state index contributed by atoms with van der Waals surface area (Å²) in [6.07, 6.45) is 0.997. The first-order chi connectivity index (χ1) is 17.8. The van der Waals surface area contributed by atoms with Crippen LogP contribution in [0.1, 0.15) is 20.8 Å². The van der Waals surface area contributed by atoms with Crippen molar-refractivity contribution in [1.29, 1.82) is 0 Å². The van der Waals surface area contributed by atoms with E-state index in [0.717, 1.165) is 10.6 Å². The van der Waals surface area contributed by atoms with E-state index in [9.17, 15) is 21.6 Å². The van der Waals surface area contributed by atoms with Gasteiger partial charge in [0.25, 0.3) is 0 Å². The number of rotatable bonds is 11. The maximum absolute atomic E-state index is 13.2. The van der Waals surface area contributed by atoms with Gasteiger partial charge < -0.3 is 14.8 Å². The molecule has 0 unspecified atom stereocenters. The molecule has 12 heteroatoms. The van der Waals surface area contributed by atoms with E-state index in [0.29, 0.717) is 11.5 Å². The highest BCUT2D eigenvalue weighted by Gasteiger charge is 2.30. The van der Waals surface area contributed by atoms with Gasteiger partial charge in [-0.15, -0.1) is 0 Å². The van der Waals surface area contributed by atoms with E-state index >= 15 is 0 Å². The second-order valence-corrected chi connectivity index (χ2v) is 12.3. The van der Waals surface area contributed by atoms with Crippen LogP contribution >= 0.6 is 0 Å². The number of benzene rings is 3. The molecule has 0 aromatic heterocycles. The van der Waals surface area contributed by atoms with Crippen molar-refractivity contribution in [2.24, 2.45) is 0 Å². The van der Waals surface area contributed by atoms with Crippen LogP contribution in [0.25, 0.3) is 0 Å². The molecule has 3 aromatic carbocycles. The SMILES string of the molecule is COc1ccc(S(=O)(=O)NC(C)C)cc1NC(=O)[C@@H](C)N(c1ccc(Oc2ccccc2)cc1)S(C)(=O)=O. The molecule has 0 saturated carbocycles. The Labute approximate surface area is 223 Å². The van der Waals surface area contributed by atoms with Crippen LogP contribution in [0.15, 0.2) is 77.7 Å². The Hall–Kier alpha value is -3.61. The van der Waals surface area contributed by atoms with Gasteiger partial charge in [-0.1, -0.05) is 18.2 Å². The van der Waals surface area contributed by atoms with Crippen molar-refractivity contribution in [3.63, 3.8) is 0 Å². The fraction of sp³-hybridized carbons (Fsp3) is 0.269. The molecule has 1 atom stereocenters. The summed E-state index contributed by atoms with van der Waals surface area (Å²) in [6.45, 7) is 4.80. The average molecular weight is 562 g/mol. The summed E-state index contributed by atoms with van der Waals surface area (Å²) in [5.41, 5.74) is 0.330. The number of amides is 1. The van der Waals surface area contributed by atoms with Gasteiger partial charge in [-0.3, -0.25) is 9.10 Å². The van der Waals surface area contributed by atoms with Crippen LogP contribution in [0.5, 0.6) is 17.2 Å². The molecule has 1 amide bonds. The molecule has 0 fully saturated rings. The third-order valence-electron chi connectivity index (χ3n) is 5.29. The number of para-hydroxylation sites is 1. The molecule has 2 N–H and O–H groups in total. The minimum absolute atomic E-state index is 0.0797. The van der Waals surface area contributed by atoms with Gasteiger partial charge in [0, 0.05) is 6.04 Å². The lowest BCUT2D eigenvalue weighted by Gasteiger charge is -2.28. The fourth-order valence-corrected chi connectivity index (χ4v) is 6.11. The predicted octanol–water partition coefficient (Wildman–Crippen LogP) is 3.97. The zero-order valence-corrected chi connectivity index (χ0v) is 23.3. The van der Waals surface area contributed by atoms with Crippen LogP contribution in [0.2, 0.25) is 0 Å². The van der Waals surface area contributed by atoms with Gasteiger partial charge in [0.05, 0.1) is 29.6 Å². The Bertz CT molecular complexity index is 1470. The monoisotopic (exact) mass is 561 g/mol. The second kappa shape index (κ2) is 11.8. The summed E-state index contributed by atoms with van der Waals surface area (Å²) in [4.78, 5) is 13.1. The third-order valence-corrected chi connectivity index (χ3v) is 8.19. The molecule has 10 nitrogen and oxygen atoms in total. The lowest BCUT2D eigenvalue weighted by atomic mass is 10.2. The maximum Gasteiger partial charge on any atom is 0.248 e. The summed E-state index contributed by atoms with van der Waals surface area (Å²) in [7, 11) is -6.37. The maximum atomic E-state index is 13.2. The Balaban J connectivity index is 1.87. The van der Waals surface area contributed by atoms with Gasteiger partial charge in [0.1, 0.15) is 23.3 Å². The summed E-state index contributed by atoms with van der Waals surface area (Å²) >= 11 is 0. The summed E-state index contributed by atoms with van der Waals surface area (Å²) in [5.74, 6) is 0.630. The van der Waals surface area contributed by atoms with Crippen molar-refractivity contribution in [2.75, 3.05) is 23.0 Å². The lowest BCUT2D eigenvalue weighted by molar-refractivity contribution is -0.116. The second-order valence-electron chi connectivity index (χ2n) is 8.77. The molecule has 204 valence electrons. The molecule has 38 heavy (non-hydrogen) atoms. The molecule has 0 saturated heterocycles. The minimum Gasteiger partial charge on any atom is -0.495 e. The highest BCUT2D eigenvalue weighted by molar-refractivity contribution is 7.92. The topological polar surface area (TPSA) is 131 Å². The van der Waals surface area contributed by atoms with E-state index < -0.39 is 32.0 Å². The summed E-state index contributed by atoms with van der Waals surface area (Å²) in [5, 5.41) is 2.61. The zero-order chi connectivity index (χ0) is 28.1. The van der Waals surface area contributed by atoms with Crippen molar-refractivity contribution < 1.29 is 31.1 Å². The van der Waals surface area contributed by atoms with E-state index in [1.807, 2.05) is 18.2 Å². The standard InChI is InChI=1S/C26H31N3O7S2/c1-18(2)28-38(33,34)23-15-16-25(35-4)24(17-23)27-26(30)19(3)29(37(5,31)32)20-11-13-22(14-12-20)36-21-9-7-6-8-10-21/h6-19,28H,1-5H3,(H,27,30)/t19-/m1/s1. The Morgan fingerprint density at radius 1 is 0.868 bits per heavy atom. The summed E-state index contributed by atoms with van der Waals surface area (Å²) < 4.78 is 65.2. The largest absolute Gasteiger partial charge is 0.495 e. The fourth-order valence-electron chi connectivity index (χ4n) is 3.66. The average Bonchev–Trinajstić information content (AvgIpc) is 2.84. The number of carbonyl (C=O) groups excluding carboxylic acids is 1. The van der Waals surface area contributed by atoms with Crippen LogP contribution in [0, 0.1) is 0 Å². The molecular formula is C26H31N3O7S2. The van der Waals surface area contributed by atoms with Gasteiger partial charge >= 0.3 is 0 Å². The zero-order valence-electron chi connectivity index (χ0n) is 21.7. The Morgan fingerprint density at radius 3 is 2.03 bits per heavy atom. The van der Waals surface area contributed by atoms with Gasteiger partial charge in [-0.25, -0.2) is 21.6 Å². The quantitative estimate of drug-likeness (QED) is 0.362. The number of nitrogens with one attached hydrogen (secondary N) is 2. The number of methoxy groups -OCH3 is 1. The van der Waals surface area contributed by atoms with E-state index in [1.165, 1.54) is 44.4 Å². The number of anilines is 2. The van der Waals surface area contributed by atoms with Gasteiger partial charge in [-0.2, -0.15) is 0 Å². The molecule has 0 aliphatic carbocycles.